The van der Waals surface area contributed by atoms with E-state index in [9.17, 15) is 14.3 Å². The molecule has 21 heavy (non-hydrogen) atoms. The highest BCUT2D eigenvalue weighted by atomic mass is 19.1. The van der Waals surface area contributed by atoms with Gasteiger partial charge in [-0.3, -0.25) is 4.79 Å². The molecular weight excluding hydrogens is 271 g/mol. The van der Waals surface area contributed by atoms with E-state index in [0.29, 0.717) is 11.3 Å². The molecule has 2 rings (SSSR count). The third-order valence-corrected chi connectivity index (χ3v) is 3.21. The Hall–Kier alpha value is -2.40. The maximum absolute atomic E-state index is 14.0. The van der Waals surface area contributed by atoms with Crippen LogP contribution in [0.5, 0.6) is 0 Å². The first kappa shape index (κ1) is 15.0. The SMILES string of the molecule is Cc1cc(N)cc(C(=O)N[C@H](CO)c2ccccc2)c1F. The molecule has 0 aliphatic carbocycles. The minimum Gasteiger partial charge on any atom is -0.399 e. The molecule has 2 aromatic carbocycles. The van der Waals surface area contributed by atoms with E-state index in [-0.39, 0.29) is 12.2 Å². The van der Waals surface area contributed by atoms with Crippen molar-refractivity contribution in [1.29, 1.82) is 0 Å². The number of halogens is 1. The Balaban J connectivity index is 2.25. The number of aliphatic hydroxyl groups is 1. The fourth-order valence-corrected chi connectivity index (χ4v) is 2.12. The third-order valence-electron chi connectivity index (χ3n) is 3.21. The summed E-state index contributed by atoms with van der Waals surface area (Å²) in [5.41, 5.74) is 6.89. The zero-order valence-corrected chi connectivity index (χ0v) is 11.6. The van der Waals surface area contributed by atoms with E-state index >= 15 is 0 Å². The van der Waals surface area contributed by atoms with Crippen LogP contribution in [-0.4, -0.2) is 17.6 Å². The van der Waals surface area contributed by atoms with Gasteiger partial charge in [-0.15, -0.1) is 0 Å². The van der Waals surface area contributed by atoms with Gasteiger partial charge in [0.1, 0.15) is 5.82 Å². The lowest BCUT2D eigenvalue weighted by Gasteiger charge is -2.17. The fraction of sp³-hybridized carbons (Fsp3) is 0.188. The second kappa shape index (κ2) is 6.37. The summed E-state index contributed by atoms with van der Waals surface area (Å²) >= 11 is 0. The van der Waals surface area contributed by atoms with Crippen molar-refractivity contribution in [2.24, 2.45) is 0 Å². The maximum atomic E-state index is 14.0. The van der Waals surface area contributed by atoms with Gasteiger partial charge in [0.05, 0.1) is 18.2 Å². The zero-order chi connectivity index (χ0) is 15.4. The van der Waals surface area contributed by atoms with Crippen molar-refractivity contribution < 1.29 is 14.3 Å². The molecule has 4 nitrogen and oxygen atoms in total. The number of nitrogen functional groups attached to an aromatic ring is 1. The third kappa shape index (κ3) is 3.38. The smallest absolute Gasteiger partial charge is 0.254 e. The maximum Gasteiger partial charge on any atom is 0.254 e. The van der Waals surface area contributed by atoms with Gasteiger partial charge in [0.2, 0.25) is 0 Å². The van der Waals surface area contributed by atoms with E-state index < -0.39 is 17.8 Å². The molecule has 1 amide bonds. The Labute approximate surface area is 122 Å². The number of hydrogen-bond acceptors (Lipinski definition) is 3. The molecule has 4 N–H and O–H groups in total. The van der Waals surface area contributed by atoms with Crippen LogP contribution in [0.4, 0.5) is 10.1 Å². The van der Waals surface area contributed by atoms with Gasteiger partial charge >= 0.3 is 0 Å². The minimum absolute atomic E-state index is 0.123. The number of aliphatic hydroxyl groups excluding tert-OH is 1. The zero-order valence-electron chi connectivity index (χ0n) is 11.6. The van der Waals surface area contributed by atoms with Gasteiger partial charge in [0, 0.05) is 5.69 Å². The number of hydrogen-bond donors (Lipinski definition) is 3. The molecule has 0 aliphatic heterocycles. The van der Waals surface area contributed by atoms with Gasteiger partial charge in [-0.1, -0.05) is 30.3 Å². The molecule has 1 atom stereocenters. The molecule has 0 spiro atoms. The fourth-order valence-electron chi connectivity index (χ4n) is 2.12. The number of carbonyl (C=O) groups excluding carboxylic acids is 1. The van der Waals surface area contributed by atoms with E-state index in [1.165, 1.54) is 12.1 Å². The molecule has 5 heteroatoms. The Morgan fingerprint density at radius 1 is 1.33 bits per heavy atom. The van der Waals surface area contributed by atoms with E-state index in [0.717, 1.165) is 5.56 Å². The number of aryl methyl sites for hydroxylation is 1. The van der Waals surface area contributed by atoms with Crippen LogP contribution in [0.1, 0.15) is 27.5 Å². The van der Waals surface area contributed by atoms with Crippen LogP contribution in [0.2, 0.25) is 0 Å². The number of amides is 1. The Kier molecular flexibility index (Phi) is 4.55. The van der Waals surface area contributed by atoms with Crippen LogP contribution in [0.25, 0.3) is 0 Å². The van der Waals surface area contributed by atoms with Crippen molar-refractivity contribution >= 4 is 11.6 Å². The molecule has 0 radical (unpaired) electrons. The highest BCUT2D eigenvalue weighted by Gasteiger charge is 2.19. The molecule has 0 bridgehead atoms. The number of nitrogens with two attached hydrogens (primary N) is 1. The molecule has 0 fully saturated rings. The number of carbonyl (C=O) groups is 1. The summed E-state index contributed by atoms with van der Waals surface area (Å²) in [4.78, 5) is 12.2. The van der Waals surface area contributed by atoms with Crippen molar-refractivity contribution in [2.45, 2.75) is 13.0 Å². The molecule has 0 aliphatic rings. The number of rotatable bonds is 4. The van der Waals surface area contributed by atoms with Crippen LogP contribution in [0, 0.1) is 12.7 Å². The Morgan fingerprint density at radius 3 is 2.62 bits per heavy atom. The second-order valence-electron chi connectivity index (χ2n) is 4.82. The van der Waals surface area contributed by atoms with Crippen LogP contribution in [-0.2, 0) is 0 Å². The molecule has 0 heterocycles. The Morgan fingerprint density at radius 2 is 2.00 bits per heavy atom. The van der Waals surface area contributed by atoms with E-state index in [2.05, 4.69) is 5.32 Å². The standard InChI is InChI=1S/C16H17FN2O2/c1-10-7-12(18)8-13(15(10)17)16(21)19-14(9-20)11-5-3-2-4-6-11/h2-8,14,20H,9,18H2,1H3,(H,19,21)/t14-/m1/s1. The van der Waals surface area contributed by atoms with Crippen LogP contribution < -0.4 is 11.1 Å². The molecule has 0 unspecified atom stereocenters. The molecule has 2 aromatic rings. The average Bonchev–Trinajstić information content (AvgIpc) is 2.49. The van der Waals surface area contributed by atoms with Crippen LogP contribution >= 0.6 is 0 Å². The predicted octanol–water partition coefficient (Wildman–Crippen LogP) is 2.18. The number of benzene rings is 2. The van der Waals surface area contributed by atoms with Crippen molar-refractivity contribution in [1.82, 2.24) is 5.32 Å². The lowest BCUT2D eigenvalue weighted by atomic mass is 10.1. The van der Waals surface area contributed by atoms with E-state index in [1.54, 1.807) is 31.2 Å². The quantitative estimate of drug-likeness (QED) is 0.755. The monoisotopic (exact) mass is 288 g/mol. The van der Waals surface area contributed by atoms with Gasteiger partial charge in [-0.05, 0) is 30.2 Å². The molecule has 0 saturated carbocycles. The summed E-state index contributed by atoms with van der Waals surface area (Å²) in [7, 11) is 0. The summed E-state index contributed by atoms with van der Waals surface area (Å²) in [6, 6.07) is 11.2. The first-order valence-corrected chi connectivity index (χ1v) is 6.55. The average molecular weight is 288 g/mol. The number of nitrogens with one attached hydrogen (secondary N) is 1. The van der Waals surface area contributed by atoms with E-state index in [4.69, 9.17) is 5.73 Å². The van der Waals surface area contributed by atoms with Gasteiger partial charge in [0.25, 0.3) is 5.91 Å². The normalized spacial score (nSPS) is 12.0. The van der Waals surface area contributed by atoms with E-state index in [1.807, 2.05) is 6.07 Å². The Bertz CT molecular complexity index is 644. The summed E-state index contributed by atoms with van der Waals surface area (Å²) in [6.07, 6.45) is 0. The number of anilines is 1. The van der Waals surface area contributed by atoms with Crippen molar-refractivity contribution in [3.05, 3.63) is 65.0 Å². The molecular formula is C16H17FN2O2. The van der Waals surface area contributed by atoms with Crippen LogP contribution in [0.3, 0.4) is 0 Å². The topological polar surface area (TPSA) is 75.4 Å². The van der Waals surface area contributed by atoms with Gasteiger partial charge in [-0.25, -0.2) is 4.39 Å². The highest BCUT2D eigenvalue weighted by molar-refractivity contribution is 5.95. The summed E-state index contributed by atoms with van der Waals surface area (Å²) in [5, 5.41) is 12.0. The first-order chi connectivity index (χ1) is 10.0. The molecule has 0 aromatic heterocycles. The second-order valence-corrected chi connectivity index (χ2v) is 4.82. The van der Waals surface area contributed by atoms with Gasteiger partial charge < -0.3 is 16.2 Å². The summed E-state index contributed by atoms with van der Waals surface area (Å²) in [5.74, 6) is -1.21. The van der Waals surface area contributed by atoms with Crippen molar-refractivity contribution in [3.8, 4) is 0 Å². The summed E-state index contributed by atoms with van der Waals surface area (Å²) in [6.45, 7) is 1.27. The predicted molar refractivity (Wildman–Crippen MR) is 79.3 cm³/mol. The lowest BCUT2D eigenvalue weighted by molar-refractivity contribution is 0.0912. The van der Waals surface area contributed by atoms with Crippen molar-refractivity contribution in [3.63, 3.8) is 0 Å². The van der Waals surface area contributed by atoms with Crippen molar-refractivity contribution in [2.75, 3.05) is 12.3 Å². The van der Waals surface area contributed by atoms with Crippen LogP contribution in [0.15, 0.2) is 42.5 Å². The van der Waals surface area contributed by atoms with Gasteiger partial charge in [0.15, 0.2) is 0 Å². The first-order valence-electron chi connectivity index (χ1n) is 6.55. The molecule has 0 saturated heterocycles. The summed E-state index contributed by atoms with van der Waals surface area (Å²) < 4.78 is 14.0. The lowest BCUT2D eigenvalue weighted by Crippen LogP contribution is -2.31. The van der Waals surface area contributed by atoms with Gasteiger partial charge in [-0.2, -0.15) is 0 Å². The highest BCUT2D eigenvalue weighted by Crippen LogP contribution is 2.19. The minimum atomic E-state index is -0.606. The largest absolute Gasteiger partial charge is 0.399 e. The molecule has 110 valence electrons.